The van der Waals surface area contributed by atoms with E-state index >= 15 is 0 Å². The number of nitrogens with one attached hydrogen (secondary N) is 2. The zero-order chi connectivity index (χ0) is 32.3. The second-order valence-corrected chi connectivity index (χ2v) is 12.5. The number of imidazole rings is 1. The fourth-order valence-corrected chi connectivity index (χ4v) is 6.57. The molecule has 0 saturated carbocycles. The third-order valence-electron chi connectivity index (χ3n) is 8.18. The van der Waals surface area contributed by atoms with Crippen LogP contribution in [0.5, 0.6) is 0 Å². The number of imide groups is 1. The summed E-state index contributed by atoms with van der Waals surface area (Å²) in [6, 6.07) is 4.78. The van der Waals surface area contributed by atoms with Gasteiger partial charge in [0.25, 0.3) is 0 Å². The number of rotatable bonds is 13. The SMILES string of the molecule is CC(C)C(=O)C(C)(C)C(S)(C(=O)C1CCCN1)C(C(=O)O)(c1[c]cccc1)N(C(=O)C(C)N)C(=O)C(N)Cc1c[nH]cn1. The van der Waals surface area contributed by atoms with Crippen molar-refractivity contribution in [2.24, 2.45) is 22.8 Å². The standard InChI is InChI=1S/C30H41N6O6S/c1-17(2)23(37)28(4,5)30(43,24(38)22-12-9-13-34-22)29(27(41)42,19-10-7-6-8-11-19)36(25(39)18(3)31)26(40)21(32)14-20-15-33-16-35-20/h6-8,10,15-18,21-22,34,43H,9,12-14,31-32H2,1-5H3,(H,33,35)(H,41,42). The Balaban J connectivity index is 2.52. The number of thiol groups is 1. The van der Waals surface area contributed by atoms with Gasteiger partial charge in [0, 0.05) is 24.0 Å². The smallest absolute Gasteiger partial charge is 0.336 e. The molecule has 0 spiro atoms. The van der Waals surface area contributed by atoms with Crippen LogP contribution >= 0.6 is 12.6 Å². The van der Waals surface area contributed by atoms with Gasteiger partial charge < -0.3 is 26.9 Å². The number of hydrogen-bond donors (Lipinski definition) is 6. The predicted molar refractivity (Wildman–Crippen MR) is 162 cm³/mol. The van der Waals surface area contributed by atoms with Crippen LogP contribution in [0.2, 0.25) is 0 Å². The van der Waals surface area contributed by atoms with Gasteiger partial charge in [-0.15, -0.1) is 0 Å². The predicted octanol–water partition coefficient (Wildman–Crippen LogP) is 1.00. The zero-order valence-electron chi connectivity index (χ0n) is 25.1. The van der Waals surface area contributed by atoms with Gasteiger partial charge in [-0.05, 0) is 37.9 Å². The lowest BCUT2D eigenvalue weighted by atomic mass is 9.57. The van der Waals surface area contributed by atoms with E-state index in [-0.39, 0.29) is 12.0 Å². The minimum absolute atomic E-state index is 0.175. The lowest BCUT2D eigenvalue weighted by molar-refractivity contribution is -0.177. The molecular formula is C30H41N6O6S. The van der Waals surface area contributed by atoms with Crippen molar-refractivity contribution in [1.82, 2.24) is 20.2 Å². The summed E-state index contributed by atoms with van der Waals surface area (Å²) in [5.41, 5.74) is 7.72. The van der Waals surface area contributed by atoms with Crippen molar-refractivity contribution in [3.63, 3.8) is 0 Å². The Morgan fingerprint density at radius 3 is 2.30 bits per heavy atom. The first-order valence-electron chi connectivity index (χ1n) is 14.2. The molecule has 1 radical (unpaired) electrons. The number of H-pyrrole nitrogens is 1. The number of carboxylic acids is 1. The van der Waals surface area contributed by atoms with Gasteiger partial charge in [-0.25, -0.2) is 9.78 Å². The fourth-order valence-electron chi connectivity index (χ4n) is 5.98. The molecule has 1 fully saturated rings. The van der Waals surface area contributed by atoms with E-state index in [1.165, 1.54) is 51.5 Å². The number of nitrogens with two attached hydrogens (primary N) is 2. The van der Waals surface area contributed by atoms with Crippen molar-refractivity contribution in [3.05, 3.63) is 54.1 Å². The molecule has 1 aromatic carbocycles. The van der Waals surface area contributed by atoms with Crippen LogP contribution < -0.4 is 16.8 Å². The number of Topliss-reactive ketones (excluding diaryl/α,β-unsaturated/α-hetero) is 2. The second-order valence-electron chi connectivity index (χ2n) is 11.8. The Bertz CT molecular complexity index is 1340. The van der Waals surface area contributed by atoms with Gasteiger partial charge >= 0.3 is 5.97 Å². The van der Waals surface area contributed by atoms with Crippen molar-refractivity contribution in [2.75, 3.05) is 6.54 Å². The minimum Gasteiger partial charge on any atom is -0.479 e. The molecule has 12 nitrogen and oxygen atoms in total. The molecule has 233 valence electrons. The van der Waals surface area contributed by atoms with Crippen LogP contribution in [0.15, 0.2) is 36.8 Å². The van der Waals surface area contributed by atoms with E-state index < -0.39 is 69.1 Å². The van der Waals surface area contributed by atoms with Crippen LogP contribution in [0.4, 0.5) is 0 Å². The Kier molecular flexibility index (Phi) is 10.4. The molecule has 43 heavy (non-hydrogen) atoms. The molecule has 2 amide bonds. The molecule has 0 bridgehead atoms. The van der Waals surface area contributed by atoms with Crippen molar-refractivity contribution in [2.45, 2.75) is 82.3 Å². The first kappa shape index (κ1) is 34.1. The first-order chi connectivity index (χ1) is 20.1. The van der Waals surface area contributed by atoms with Crippen LogP contribution in [0, 0.1) is 17.4 Å². The van der Waals surface area contributed by atoms with E-state index in [2.05, 4.69) is 21.4 Å². The van der Waals surface area contributed by atoms with Crippen LogP contribution in [-0.2, 0) is 35.9 Å². The molecule has 5 unspecified atom stereocenters. The summed E-state index contributed by atoms with van der Waals surface area (Å²) in [7, 11) is 0. The number of carboxylic acid groups (broad SMARTS) is 1. The van der Waals surface area contributed by atoms with Crippen LogP contribution in [0.1, 0.15) is 58.7 Å². The third-order valence-corrected chi connectivity index (χ3v) is 9.28. The maximum Gasteiger partial charge on any atom is 0.336 e. The highest BCUT2D eigenvalue weighted by Crippen LogP contribution is 2.55. The highest BCUT2D eigenvalue weighted by molar-refractivity contribution is 7.83. The summed E-state index contributed by atoms with van der Waals surface area (Å²) < 4.78 is -2.56. The van der Waals surface area contributed by atoms with E-state index in [4.69, 9.17) is 24.1 Å². The maximum absolute atomic E-state index is 14.8. The van der Waals surface area contributed by atoms with Gasteiger partial charge in [-0.3, -0.25) is 24.1 Å². The van der Waals surface area contributed by atoms with E-state index in [1.807, 2.05) is 0 Å². The highest BCUT2D eigenvalue weighted by Gasteiger charge is 2.74. The van der Waals surface area contributed by atoms with E-state index in [1.54, 1.807) is 19.9 Å². The average molecular weight is 614 g/mol. The van der Waals surface area contributed by atoms with Gasteiger partial charge in [0.1, 0.15) is 10.5 Å². The van der Waals surface area contributed by atoms with Gasteiger partial charge in [0.2, 0.25) is 11.8 Å². The zero-order valence-corrected chi connectivity index (χ0v) is 26.0. The second kappa shape index (κ2) is 13.1. The molecule has 2 aromatic rings. The molecule has 2 heterocycles. The fraction of sp³-hybridized carbons (Fsp3) is 0.533. The number of aliphatic carboxylic acids is 1. The molecule has 1 aliphatic rings. The van der Waals surface area contributed by atoms with Gasteiger partial charge in [-0.2, -0.15) is 12.6 Å². The lowest BCUT2D eigenvalue weighted by Gasteiger charge is -2.56. The quantitative estimate of drug-likeness (QED) is 0.177. The van der Waals surface area contributed by atoms with Crippen molar-refractivity contribution in [3.8, 4) is 0 Å². The number of nitrogens with zero attached hydrogens (tertiary/aromatic N) is 2. The summed E-state index contributed by atoms with van der Waals surface area (Å²) in [5.74, 6) is -5.98. The van der Waals surface area contributed by atoms with Gasteiger partial charge in [0.15, 0.2) is 11.3 Å². The molecule has 0 aliphatic carbocycles. The number of aromatic nitrogens is 2. The monoisotopic (exact) mass is 613 g/mol. The summed E-state index contributed by atoms with van der Waals surface area (Å²) in [4.78, 5) is 78.7. The highest BCUT2D eigenvalue weighted by atomic mass is 32.1. The van der Waals surface area contributed by atoms with Gasteiger partial charge in [-0.1, -0.05) is 52.0 Å². The van der Waals surface area contributed by atoms with Gasteiger partial charge in [0.05, 0.1) is 30.1 Å². The number of carbonyl (C=O) groups is 5. The van der Waals surface area contributed by atoms with Crippen LogP contribution in [0.3, 0.4) is 0 Å². The Labute approximate surface area is 256 Å². The Morgan fingerprint density at radius 1 is 1.16 bits per heavy atom. The van der Waals surface area contributed by atoms with Crippen molar-refractivity contribution >= 4 is 42.0 Å². The third kappa shape index (κ3) is 5.78. The van der Waals surface area contributed by atoms with Crippen LogP contribution in [-0.4, -0.2) is 78.7 Å². The molecule has 1 aliphatic heterocycles. The number of aromatic amines is 1. The Hall–Kier alpha value is -3.39. The van der Waals surface area contributed by atoms with Crippen molar-refractivity contribution in [1.29, 1.82) is 0 Å². The van der Waals surface area contributed by atoms with E-state index in [0.29, 0.717) is 30.0 Å². The molecule has 1 aromatic heterocycles. The molecule has 7 N–H and O–H groups in total. The lowest BCUT2D eigenvalue weighted by Crippen LogP contribution is -2.78. The van der Waals surface area contributed by atoms with Crippen LogP contribution in [0.25, 0.3) is 0 Å². The average Bonchev–Trinajstić information content (AvgIpc) is 3.69. The number of amides is 2. The number of hydrogen-bond acceptors (Lipinski definition) is 10. The van der Waals surface area contributed by atoms with E-state index in [0.717, 1.165) is 0 Å². The summed E-state index contributed by atoms with van der Waals surface area (Å²) in [6.45, 7) is 7.81. The number of carbonyl (C=O) groups excluding carboxylic acids is 4. The topological polar surface area (TPSA) is 202 Å². The summed E-state index contributed by atoms with van der Waals surface area (Å²) >= 11 is 4.93. The summed E-state index contributed by atoms with van der Waals surface area (Å²) in [5, 5.41) is 14.5. The number of benzene rings is 1. The normalized spacial score (nSPS) is 19.6. The maximum atomic E-state index is 14.8. The molecule has 3 rings (SSSR count). The number of ketones is 2. The molecule has 13 heteroatoms. The molecular weight excluding hydrogens is 572 g/mol. The summed E-state index contributed by atoms with van der Waals surface area (Å²) in [6.07, 6.45) is 3.64. The van der Waals surface area contributed by atoms with E-state index in [9.17, 15) is 29.1 Å². The minimum atomic E-state index is -2.93. The molecule has 1 saturated heterocycles. The largest absolute Gasteiger partial charge is 0.479 e. The van der Waals surface area contributed by atoms with Crippen molar-refractivity contribution < 1.29 is 29.1 Å². The molecule has 5 atom stereocenters. The Morgan fingerprint density at radius 2 is 1.84 bits per heavy atom. The first-order valence-corrected chi connectivity index (χ1v) is 14.6.